The van der Waals surface area contributed by atoms with Crippen LogP contribution in [0.15, 0.2) is 42.6 Å². The molecule has 5 heteroatoms. The van der Waals surface area contributed by atoms with Crippen molar-refractivity contribution in [3.05, 3.63) is 64.6 Å². The van der Waals surface area contributed by atoms with E-state index in [-0.39, 0.29) is 11.2 Å². The Labute approximate surface area is 164 Å². The van der Waals surface area contributed by atoms with Crippen molar-refractivity contribution in [2.75, 3.05) is 0 Å². The monoisotopic (exact) mass is 381 g/mol. The maximum absolute atomic E-state index is 12.5. The van der Waals surface area contributed by atoms with Crippen molar-refractivity contribution in [1.29, 1.82) is 0 Å². The van der Waals surface area contributed by atoms with Crippen molar-refractivity contribution < 1.29 is 4.79 Å². The second-order valence-corrected chi connectivity index (χ2v) is 8.42. The highest BCUT2D eigenvalue weighted by atomic mass is 35.5. The van der Waals surface area contributed by atoms with Crippen LogP contribution in [0.1, 0.15) is 63.4 Å². The Kier molecular flexibility index (Phi) is 4.34. The lowest BCUT2D eigenvalue weighted by Gasteiger charge is -2.41. The second kappa shape index (κ2) is 6.45. The van der Waals surface area contributed by atoms with Crippen LogP contribution in [0.4, 0.5) is 0 Å². The van der Waals surface area contributed by atoms with Gasteiger partial charge < -0.3 is 0 Å². The predicted octanol–water partition coefficient (Wildman–Crippen LogP) is 5.11. The van der Waals surface area contributed by atoms with Crippen LogP contribution in [0.5, 0.6) is 0 Å². The standard InChI is InChI=1S/C22H24ClN3O/c1-4-18(27)21(2,3)17-7-5-14-26-19(17)24-25-20(26)22(12-6-13-22)15-8-10-16(23)11-9-15/h5,7-11,14H,4,6,12-13H2,1-3H3. The fourth-order valence-electron chi connectivity index (χ4n) is 4.26. The van der Waals surface area contributed by atoms with Gasteiger partial charge >= 0.3 is 0 Å². The number of benzene rings is 1. The fraction of sp³-hybridized carbons (Fsp3) is 0.409. The summed E-state index contributed by atoms with van der Waals surface area (Å²) in [6, 6.07) is 12.1. The molecule has 0 unspecified atom stereocenters. The average molecular weight is 382 g/mol. The zero-order valence-electron chi connectivity index (χ0n) is 16.0. The summed E-state index contributed by atoms with van der Waals surface area (Å²) in [7, 11) is 0. The molecule has 0 radical (unpaired) electrons. The van der Waals surface area contributed by atoms with Crippen LogP contribution in [0.3, 0.4) is 0 Å². The van der Waals surface area contributed by atoms with Gasteiger partial charge in [0.2, 0.25) is 0 Å². The van der Waals surface area contributed by atoms with Crippen LogP contribution < -0.4 is 0 Å². The number of fused-ring (bicyclic) bond motifs is 1. The van der Waals surface area contributed by atoms with E-state index in [4.69, 9.17) is 11.6 Å². The zero-order valence-corrected chi connectivity index (χ0v) is 16.8. The molecule has 1 aliphatic rings. The highest BCUT2D eigenvalue weighted by Gasteiger charge is 2.44. The number of hydrogen-bond acceptors (Lipinski definition) is 3. The summed E-state index contributed by atoms with van der Waals surface area (Å²) in [5.74, 6) is 1.16. The molecule has 1 saturated carbocycles. The Hall–Kier alpha value is -2.20. The highest BCUT2D eigenvalue weighted by molar-refractivity contribution is 6.30. The molecule has 0 atom stereocenters. The van der Waals surface area contributed by atoms with E-state index in [9.17, 15) is 4.79 Å². The lowest BCUT2D eigenvalue weighted by atomic mass is 9.64. The van der Waals surface area contributed by atoms with Crippen LogP contribution in [0.25, 0.3) is 5.65 Å². The normalized spacial score (nSPS) is 16.3. The smallest absolute Gasteiger partial charge is 0.165 e. The lowest BCUT2D eigenvalue weighted by Crippen LogP contribution is -2.37. The third-order valence-corrected chi connectivity index (χ3v) is 6.41. The summed E-state index contributed by atoms with van der Waals surface area (Å²) >= 11 is 6.09. The molecule has 4 nitrogen and oxygen atoms in total. The lowest BCUT2D eigenvalue weighted by molar-refractivity contribution is -0.123. The maximum Gasteiger partial charge on any atom is 0.165 e. The van der Waals surface area contributed by atoms with Crippen LogP contribution in [-0.4, -0.2) is 20.4 Å². The number of halogens is 1. The van der Waals surface area contributed by atoms with E-state index in [1.54, 1.807) is 0 Å². The molecule has 27 heavy (non-hydrogen) atoms. The van der Waals surface area contributed by atoms with E-state index in [2.05, 4.69) is 26.7 Å². The first-order valence-corrected chi connectivity index (χ1v) is 9.92. The Morgan fingerprint density at radius 2 is 1.89 bits per heavy atom. The van der Waals surface area contributed by atoms with Crippen molar-refractivity contribution >= 4 is 23.0 Å². The second-order valence-electron chi connectivity index (χ2n) is 7.98. The summed E-state index contributed by atoms with van der Waals surface area (Å²) in [6.07, 6.45) is 5.76. The number of ketones is 1. The molecule has 0 spiro atoms. The Bertz CT molecular complexity index is 1000. The molecule has 2 aromatic heterocycles. The quantitative estimate of drug-likeness (QED) is 0.617. The van der Waals surface area contributed by atoms with Gasteiger partial charge in [-0.25, -0.2) is 0 Å². The molecule has 0 N–H and O–H groups in total. The van der Waals surface area contributed by atoms with Crippen molar-refractivity contribution in [1.82, 2.24) is 14.6 Å². The van der Waals surface area contributed by atoms with E-state index in [0.29, 0.717) is 6.42 Å². The minimum atomic E-state index is -0.589. The number of rotatable bonds is 5. The molecule has 0 saturated heterocycles. The van der Waals surface area contributed by atoms with Gasteiger partial charge in [0, 0.05) is 23.2 Å². The number of carbonyl (C=O) groups is 1. The number of hydrogen-bond donors (Lipinski definition) is 0. The summed E-state index contributed by atoms with van der Waals surface area (Å²) in [4.78, 5) is 12.5. The van der Waals surface area contributed by atoms with E-state index in [0.717, 1.165) is 41.3 Å². The molecule has 4 rings (SSSR count). The first kappa shape index (κ1) is 18.2. The minimum Gasteiger partial charge on any atom is -0.299 e. The minimum absolute atomic E-state index is 0.137. The summed E-state index contributed by atoms with van der Waals surface area (Å²) < 4.78 is 2.08. The van der Waals surface area contributed by atoms with Crippen LogP contribution in [0.2, 0.25) is 5.02 Å². The molecule has 1 fully saturated rings. The van der Waals surface area contributed by atoms with Gasteiger partial charge in [0.15, 0.2) is 5.65 Å². The fourth-order valence-corrected chi connectivity index (χ4v) is 4.39. The van der Waals surface area contributed by atoms with Gasteiger partial charge in [0.05, 0.1) is 10.8 Å². The van der Waals surface area contributed by atoms with E-state index >= 15 is 0 Å². The molecule has 0 aliphatic heterocycles. The number of nitrogens with zero attached hydrogens (tertiary/aromatic N) is 3. The van der Waals surface area contributed by atoms with Crippen LogP contribution >= 0.6 is 11.6 Å². The molecule has 0 bridgehead atoms. The average Bonchev–Trinajstić information content (AvgIpc) is 3.06. The number of carbonyl (C=O) groups excluding carboxylic acids is 1. The first-order valence-electron chi connectivity index (χ1n) is 9.54. The van der Waals surface area contributed by atoms with Crippen molar-refractivity contribution in [3.63, 3.8) is 0 Å². The van der Waals surface area contributed by atoms with Gasteiger partial charge in [0.25, 0.3) is 0 Å². The van der Waals surface area contributed by atoms with Gasteiger partial charge in [-0.05, 0) is 50.5 Å². The molecule has 1 aromatic carbocycles. The largest absolute Gasteiger partial charge is 0.299 e. The number of pyridine rings is 1. The van der Waals surface area contributed by atoms with Gasteiger partial charge in [-0.1, -0.05) is 43.1 Å². The SMILES string of the molecule is CCC(=O)C(C)(C)c1cccn2c(C3(c4ccc(Cl)cc4)CCC3)nnc12. The van der Waals surface area contributed by atoms with Crippen LogP contribution in [0, 0.1) is 0 Å². The molecule has 0 amide bonds. The molecule has 3 aromatic rings. The number of aromatic nitrogens is 3. The van der Waals surface area contributed by atoms with Gasteiger partial charge in [-0.2, -0.15) is 0 Å². The molecule has 1 aliphatic carbocycles. The molecule has 140 valence electrons. The topological polar surface area (TPSA) is 47.3 Å². The molecule has 2 heterocycles. The van der Waals surface area contributed by atoms with Crippen molar-refractivity contribution in [3.8, 4) is 0 Å². The van der Waals surface area contributed by atoms with Gasteiger partial charge in [-0.15, -0.1) is 10.2 Å². The summed E-state index contributed by atoms with van der Waals surface area (Å²) in [6.45, 7) is 5.85. The summed E-state index contributed by atoms with van der Waals surface area (Å²) in [5, 5.41) is 9.88. The third kappa shape index (κ3) is 2.69. The van der Waals surface area contributed by atoms with Gasteiger partial charge in [0.1, 0.15) is 11.6 Å². The Morgan fingerprint density at radius 3 is 2.48 bits per heavy atom. The maximum atomic E-state index is 12.5. The molecular weight excluding hydrogens is 358 g/mol. The Morgan fingerprint density at radius 1 is 1.19 bits per heavy atom. The van der Waals surface area contributed by atoms with E-state index in [1.165, 1.54) is 5.56 Å². The highest BCUT2D eigenvalue weighted by Crippen LogP contribution is 2.48. The van der Waals surface area contributed by atoms with Gasteiger partial charge in [-0.3, -0.25) is 9.20 Å². The van der Waals surface area contributed by atoms with Crippen LogP contribution in [-0.2, 0) is 15.6 Å². The zero-order chi connectivity index (χ0) is 19.2. The number of Topliss-reactive ketones (excluding diaryl/α,β-unsaturated/α-hetero) is 1. The first-order chi connectivity index (χ1) is 12.9. The Balaban J connectivity index is 1.88. The van der Waals surface area contributed by atoms with E-state index in [1.807, 2.05) is 51.2 Å². The van der Waals surface area contributed by atoms with Crippen molar-refractivity contribution in [2.45, 2.75) is 57.3 Å². The third-order valence-electron chi connectivity index (χ3n) is 6.16. The molecular formula is C22H24ClN3O. The summed E-state index contributed by atoms with van der Waals surface area (Å²) in [5.41, 5.74) is 2.21. The van der Waals surface area contributed by atoms with Crippen molar-refractivity contribution in [2.24, 2.45) is 0 Å². The predicted molar refractivity (Wildman–Crippen MR) is 107 cm³/mol. The van der Waals surface area contributed by atoms with E-state index < -0.39 is 5.41 Å².